The molecule has 116 valence electrons. The Hall–Kier alpha value is -1.87. The van der Waals surface area contributed by atoms with Crippen molar-refractivity contribution in [1.82, 2.24) is 4.90 Å². The average molecular weight is 296 g/mol. The van der Waals surface area contributed by atoms with Crippen LogP contribution in [-0.2, 0) is 11.2 Å². The quantitative estimate of drug-likeness (QED) is 0.946. The van der Waals surface area contributed by atoms with Crippen LogP contribution < -0.4 is 5.73 Å². The molecule has 1 aliphatic heterocycles. The number of nitrogens with two attached hydrogens (primary N) is 1. The molecule has 2 unspecified atom stereocenters. The van der Waals surface area contributed by atoms with E-state index in [0.717, 1.165) is 25.1 Å². The molecule has 2 N–H and O–H groups in total. The van der Waals surface area contributed by atoms with Gasteiger partial charge in [0.05, 0.1) is 6.42 Å². The molecule has 0 saturated carbocycles. The van der Waals surface area contributed by atoms with E-state index in [0.29, 0.717) is 24.8 Å². The fourth-order valence-electron chi connectivity index (χ4n) is 3.32. The smallest absolute Gasteiger partial charge is 0.226 e. The van der Waals surface area contributed by atoms with Crippen molar-refractivity contribution in [1.29, 1.82) is 0 Å². The summed E-state index contributed by atoms with van der Waals surface area (Å²) in [5.74, 6) is 1.28. The Morgan fingerprint density at radius 1 is 1.23 bits per heavy atom. The normalized spacial score (nSPS) is 22.0. The molecule has 1 amide bonds. The predicted octanol–water partition coefficient (Wildman–Crippen LogP) is 2.83. The fourth-order valence-corrected chi connectivity index (χ4v) is 3.32. The SMILES string of the molecule is CC1CCN(C(=O)Cc2ccc3ccccc3c2)CC1CN. The van der Waals surface area contributed by atoms with E-state index in [9.17, 15) is 4.79 Å². The van der Waals surface area contributed by atoms with Crippen molar-refractivity contribution < 1.29 is 4.79 Å². The molecule has 22 heavy (non-hydrogen) atoms. The van der Waals surface area contributed by atoms with Crippen molar-refractivity contribution >= 4 is 16.7 Å². The van der Waals surface area contributed by atoms with E-state index in [2.05, 4.69) is 37.3 Å². The van der Waals surface area contributed by atoms with Crippen molar-refractivity contribution in [2.75, 3.05) is 19.6 Å². The molecule has 0 bridgehead atoms. The zero-order chi connectivity index (χ0) is 15.5. The number of amides is 1. The second kappa shape index (κ2) is 6.49. The molecule has 1 aliphatic rings. The highest BCUT2D eigenvalue weighted by molar-refractivity contribution is 5.85. The third kappa shape index (κ3) is 3.14. The van der Waals surface area contributed by atoms with Gasteiger partial charge in [0.2, 0.25) is 5.91 Å². The Kier molecular flexibility index (Phi) is 4.44. The Labute approximate surface area is 132 Å². The van der Waals surface area contributed by atoms with E-state index in [1.54, 1.807) is 0 Å². The van der Waals surface area contributed by atoms with Gasteiger partial charge in [0.25, 0.3) is 0 Å². The number of hydrogen-bond donors (Lipinski definition) is 1. The molecule has 1 saturated heterocycles. The summed E-state index contributed by atoms with van der Waals surface area (Å²) in [6.07, 6.45) is 1.54. The van der Waals surface area contributed by atoms with Gasteiger partial charge < -0.3 is 10.6 Å². The van der Waals surface area contributed by atoms with Gasteiger partial charge in [-0.1, -0.05) is 49.4 Å². The first-order valence-corrected chi connectivity index (χ1v) is 8.13. The van der Waals surface area contributed by atoms with Crippen LogP contribution >= 0.6 is 0 Å². The molecule has 1 fully saturated rings. The molecule has 0 aliphatic carbocycles. The summed E-state index contributed by atoms with van der Waals surface area (Å²) in [6, 6.07) is 14.5. The third-order valence-corrected chi connectivity index (χ3v) is 4.94. The Balaban J connectivity index is 1.70. The van der Waals surface area contributed by atoms with Crippen molar-refractivity contribution in [2.45, 2.75) is 19.8 Å². The van der Waals surface area contributed by atoms with Crippen molar-refractivity contribution in [3.8, 4) is 0 Å². The largest absolute Gasteiger partial charge is 0.342 e. The van der Waals surface area contributed by atoms with Gasteiger partial charge in [0.1, 0.15) is 0 Å². The van der Waals surface area contributed by atoms with Gasteiger partial charge in [-0.05, 0) is 41.1 Å². The lowest BCUT2D eigenvalue weighted by Crippen LogP contribution is -2.46. The van der Waals surface area contributed by atoms with E-state index in [1.165, 1.54) is 10.8 Å². The number of hydrogen-bond acceptors (Lipinski definition) is 2. The highest BCUT2D eigenvalue weighted by Crippen LogP contribution is 2.23. The highest BCUT2D eigenvalue weighted by atomic mass is 16.2. The zero-order valence-electron chi connectivity index (χ0n) is 13.2. The summed E-state index contributed by atoms with van der Waals surface area (Å²) in [6.45, 7) is 4.58. The maximum absolute atomic E-state index is 12.6. The van der Waals surface area contributed by atoms with Crippen LogP contribution in [0, 0.1) is 11.8 Å². The summed E-state index contributed by atoms with van der Waals surface area (Å²) in [5.41, 5.74) is 6.92. The van der Waals surface area contributed by atoms with Crippen molar-refractivity contribution in [2.24, 2.45) is 17.6 Å². The summed E-state index contributed by atoms with van der Waals surface area (Å²) in [7, 11) is 0. The van der Waals surface area contributed by atoms with Gasteiger partial charge in [0, 0.05) is 13.1 Å². The lowest BCUT2D eigenvalue weighted by atomic mass is 9.87. The van der Waals surface area contributed by atoms with Crippen LogP contribution in [0.2, 0.25) is 0 Å². The standard InChI is InChI=1S/C19H24N2O/c1-14-8-9-21(13-18(14)12-20)19(22)11-15-6-7-16-4-2-3-5-17(16)10-15/h2-7,10,14,18H,8-9,11-13,20H2,1H3. The fraction of sp³-hybridized carbons (Fsp3) is 0.421. The van der Waals surface area contributed by atoms with Gasteiger partial charge in [-0.2, -0.15) is 0 Å². The van der Waals surface area contributed by atoms with Crippen LogP contribution in [0.25, 0.3) is 10.8 Å². The van der Waals surface area contributed by atoms with Gasteiger partial charge in [-0.15, -0.1) is 0 Å². The summed E-state index contributed by atoms with van der Waals surface area (Å²) >= 11 is 0. The molecule has 2 atom stereocenters. The number of piperidine rings is 1. The number of rotatable bonds is 3. The minimum Gasteiger partial charge on any atom is -0.342 e. The molecule has 1 heterocycles. The molecule has 3 nitrogen and oxygen atoms in total. The molecule has 2 aromatic carbocycles. The molecular weight excluding hydrogens is 272 g/mol. The van der Waals surface area contributed by atoms with Crippen LogP contribution in [0.3, 0.4) is 0 Å². The zero-order valence-corrected chi connectivity index (χ0v) is 13.2. The maximum Gasteiger partial charge on any atom is 0.226 e. The Morgan fingerprint density at radius 2 is 2.00 bits per heavy atom. The molecule has 0 aromatic heterocycles. The van der Waals surface area contributed by atoms with E-state index >= 15 is 0 Å². The van der Waals surface area contributed by atoms with Crippen LogP contribution in [0.5, 0.6) is 0 Å². The third-order valence-electron chi connectivity index (χ3n) is 4.94. The first-order valence-electron chi connectivity index (χ1n) is 8.13. The number of fused-ring (bicyclic) bond motifs is 1. The first-order chi connectivity index (χ1) is 10.7. The van der Waals surface area contributed by atoms with Gasteiger partial charge >= 0.3 is 0 Å². The Morgan fingerprint density at radius 3 is 2.77 bits per heavy atom. The molecule has 0 radical (unpaired) electrons. The molecule has 2 aromatic rings. The summed E-state index contributed by atoms with van der Waals surface area (Å²) in [4.78, 5) is 14.5. The van der Waals surface area contributed by atoms with E-state index in [4.69, 9.17) is 5.73 Å². The predicted molar refractivity (Wildman–Crippen MR) is 90.6 cm³/mol. The minimum absolute atomic E-state index is 0.223. The van der Waals surface area contributed by atoms with Gasteiger partial charge in [-0.25, -0.2) is 0 Å². The number of carbonyl (C=O) groups excluding carboxylic acids is 1. The molecule has 3 heteroatoms. The minimum atomic E-state index is 0.223. The molecule has 0 spiro atoms. The first kappa shape index (κ1) is 15.0. The monoisotopic (exact) mass is 296 g/mol. The Bertz CT molecular complexity index is 667. The second-order valence-corrected chi connectivity index (χ2v) is 6.46. The van der Waals surface area contributed by atoms with Crippen LogP contribution in [0.4, 0.5) is 0 Å². The summed E-state index contributed by atoms with van der Waals surface area (Å²) < 4.78 is 0. The number of likely N-dealkylation sites (tertiary alicyclic amines) is 1. The van der Waals surface area contributed by atoms with Crippen molar-refractivity contribution in [3.05, 3.63) is 48.0 Å². The number of nitrogens with zero attached hydrogens (tertiary/aromatic N) is 1. The van der Waals surface area contributed by atoms with E-state index < -0.39 is 0 Å². The maximum atomic E-state index is 12.6. The average Bonchev–Trinajstić information content (AvgIpc) is 2.55. The lowest BCUT2D eigenvalue weighted by Gasteiger charge is -2.36. The van der Waals surface area contributed by atoms with E-state index in [1.807, 2.05) is 17.0 Å². The number of carbonyl (C=O) groups is 1. The van der Waals surface area contributed by atoms with Gasteiger partial charge in [0.15, 0.2) is 0 Å². The molecule has 3 rings (SSSR count). The molecular formula is C19H24N2O. The number of benzene rings is 2. The van der Waals surface area contributed by atoms with Gasteiger partial charge in [-0.3, -0.25) is 4.79 Å². The lowest BCUT2D eigenvalue weighted by molar-refractivity contribution is -0.132. The van der Waals surface area contributed by atoms with E-state index in [-0.39, 0.29) is 5.91 Å². The topological polar surface area (TPSA) is 46.3 Å². The second-order valence-electron chi connectivity index (χ2n) is 6.46. The highest BCUT2D eigenvalue weighted by Gasteiger charge is 2.27. The van der Waals surface area contributed by atoms with Crippen LogP contribution in [0.1, 0.15) is 18.9 Å². The summed E-state index contributed by atoms with van der Waals surface area (Å²) in [5, 5.41) is 2.41. The van der Waals surface area contributed by atoms with Crippen LogP contribution in [0.15, 0.2) is 42.5 Å². The van der Waals surface area contributed by atoms with Crippen molar-refractivity contribution in [3.63, 3.8) is 0 Å². The van der Waals surface area contributed by atoms with Crippen LogP contribution in [-0.4, -0.2) is 30.4 Å².